The van der Waals surface area contributed by atoms with Crippen LogP contribution in [0.1, 0.15) is 30.2 Å². The minimum atomic E-state index is -0.472. The number of hydrogen-bond donors (Lipinski definition) is 1. The molecule has 1 N–H and O–H groups in total. The molecule has 130 valence electrons. The molecule has 7 nitrogen and oxygen atoms in total. The molecule has 4 rings (SSSR count). The first-order chi connectivity index (χ1) is 12.6. The van der Waals surface area contributed by atoms with Gasteiger partial charge in [0, 0.05) is 29.8 Å². The molecule has 1 amide bonds. The number of hydrogen-bond acceptors (Lipinski definition) is 5. The Hall–Kier alpha value is -3.48. The molecule has 0 bridgehead atoms. The standard InChI is InChI=1S/C19H15N3O4/c23-18(9-4-12-2-1-3-15(10-12)22(24)25)20-14-7-8-17-16(11-14)21-19(26-17)13-5-6-13/h1-4,7-11,13H,5-6H2,(H,20,23)/b9-4+. The second kappa shape index (κ2) is 6.44. The first-order valence-corrected chi connectivity index (χ1v) is 8.22. The van der Waals surface area contributed by atoms with E-state index in [-0.39, 0.29) is 11.6 Å². The lowest BCUT2D eigenvalue weighted by molar-refractivity contribution is -0.384. The molecular formula is C19H15N3O4. The van der Waals surface area contributed by atoms with Crippen LogP contribution in [0.25, 0.3) is 17.2 Å². The van der Waals surface area contributed by atoms with E-state index in [4.69, 9.17) is 4.42 Å². The maximum absolute atomic E-state index is 12.1. The second-order valence-corrected chi connectivity index (χ2v) is 6.18. The van der Waals surface area contributed by atoms with Gasteiger partial charge in [0.05, 0.1) is 4.92 Å². The van der Waals surface area contributed by atoms with Gasteiger partial charge in [0.15, 0.2) is 11.5 Å². The Bertz CT molecular complexity index is 1030. The fourth-order valence-electron chi connectivity index (χ4n) is 2.63. The largest absolute Gasteiger partial charge is 0.440 e. The van der Waals surface area contributed by atoms with Gasteiger partial charge in [-0.2, -0.15) is 0 Å². The summed E-state index contributed by atoms with van der Waals surface area (Å²) < 4.78 is 5.69. The van der Waals surface area contributed by atoms with Crippen LogP contribution in [0.15, 0.2) is 53.0 Å². The van der Waals surface area contributed by atoms with Gasteiger partial charge in [-0.1, -0.05) is 12.1 Å². The number of anilines is 1. The molecular weight excluding hydrogens is 334 g/mol. The number of nitrogens with one attached hydrogen (secondary N) is 1. The Kier molecular flexibility index (Phi) is 3.96. The molecule has 1 aliphatic rings. The first-order valence-electron chi connectivity index (χ1n) is 8.22. The van der Waals surface area contributed by atoms with Crippen molar-refractivity contribution in [1.82, 2.24) is 4.98 Å². The summed E-state index contributed by atoms with van der Waals surface area (Å²) in [6, 6.07) is 11.4. The Balaban J connectivity index is 1.46. The molecule has 0 aliphatic heterocycles. The summed E-state index contributed by atoms with van der Waals surface area (Å²) in [4.78, 5) is 26.9. The average Bonchev–Trinajstić information content (AvgIpc) is 3.40. The quantitative estimate of drug-likeness (QED) is 0.421. The average molecular weight is 349 g/mol. The smallest absolute Gasteiger partial charge is 0.270 e. The predicted octanol–water partition coefficient (Wildman–Crippen LogP) is 4.27. The highest BCUT2D eigenvalue weighted by atomic mass is 16.6. The highest BCUT2D eigenvalue weighted by Crippen LogP contribution is 2.40. The van der Waals surface area contributed by atoms with Gasteiger partial charge < -0.3 is 9.73 Å². The molecule has 0 spiro atoms. The molecule has 1 heterocycles. The van der Waals surface area contributed by atoms with Gasteiger partial charge in [-0.3, -0.25) is 14.9 Å². The molecule has 3 aromatic rings. The zero-order valence-electron chi connectivity index (χ0n) is 13.7. The lowest BCUT2D eigenvalue weighted by atomic mass is 10.2. The van der Waals surface area contributed by atoms with Crippen LogP contribution in [-0.2, 0) is 4.79 Å². The Labute approximate surface area is 148 Å². The number of benzene rings is 2. The third-order valence-corrected chi connectivity index (χ3v) is 4.11. The Morgan fingerprint density at radius 2 is 2.12 bits per heavy atom. The topological polar surface area (TPSA) is 98.3 Å². The first kappa shape index (κ1) is 16.0. The van der Waals surface area contributed by atoms with Crippen molar-refractivity contribution in [2.75, 3.05) is 5.32 Å². The number of rotatable bonds is 5. The number of oxazole rings is 1. The van der Waals surface area contributed by atoms with Crippen LogP contribution in [0.5, 0.6) is 0 Å². The van der Waals surface area contributed by atoms with E-state index in [9.17, 15) is 14.9 Å². The monoisotopic (exact) mass is 349 g/mol. The number of aromatic nitrogens is 1. The number of non-ortho nitro benzene ring substituents is 1. The minimum absolute atomic E-state index is 0.0180. The van der Waals surface area contributed by atoms with Crippen LogP contribution in [0.4, 0.5) is 11.4 Å². The van der Waals surface area contributed by atoms with Gasteiger partial charge in [0.25, 0.3) is 5.69 Å². The summed E-state index contributed by atoms with van der Waals surface area (Å²) in [7, 11) is 0. The molecule has 2 aromatic carbocycles. The number of fused-ring (bicyclic) bond motifs is 1. The van der Waals surface area contributed by atoms with Crippen LogP contribution in [0, 0.1) is 10.1 Å². The molecule has 26 heavy (non-hydrogen) atoms. The molecule has 7 heteroatoms. The zero-order valence-corrected chi connectivity index (χ0v) is 13.7. The third-order valence-electron chi connectivity index (χ3n) is 4.11. The normalized spacial score (nSPS) is 14.0. The van der Waals surface area contributed by atoms with Crippen LogP contribution in [0.3, 0.4) is 0 Å². The van der Waals surface area contributed by atoms with Crippen LogP contribution < -0.4 is 5.32 Å². The number of carbonyl (C=O) groups is 1. The minimum Gasteiger partial charge on any atom is -0.440 e. The molecule has 1 saturated carbocycles. The van der Waals surface area contributed by atoms with Gasteiger partial charge in [0.2, 0.25) is 5.91 Å². The molecule has 1 aliphatic carbocycles. The summed E-state index contributed by atoms with van der Waals surface area (Å²) >= 11 is 0. The van der Waals surface area contributed by atoms with E-state index in [0.29, 0.717) is 28.3 Å². The van der Waals surface area contributed by atoms with Gasteiger partial charge >= 0.3 is 0 Å². The third kappa shape index (κ3) is 3.46. The number of amides is 1. The van der Waals surface area contributed by atoms with Crippen molar-refractivity contribution in [3.8, 4) is 0 Å². The van der Waals surface area contributed by atoms with E-state index < -0.39 is 4.92 Å². The van der Waals surface area contributed by atoms with Gasteiger partial charge in [-0.25, -0.2) is 4.98 Å². The van der Waals surface area contributed by atoms with Crippen molar-refractivity contribution in [2.45, 2.75) is 18.8 Å². The van der Waals surface area contributed by atoms with Gasteiger partial charge in [0.1, 0.15) is 5.52 Å². The summed E-state index contributed by atoms with van der Waals surface area (Å²) in [5.74, 6) is 0.856. The predicted molar refractivity (Wildman–Crippen MR) is 96.7 cm³/mol. The summed E-state index contributed by atoms with van der Waals surface area (Å²) in [6.45, 7) is 0. The van der Waals surface area contributed by atoms with Crippen LogP contribution in [0.2, 0.25) is 0 Å². The van der Waals surface area contributed by atoms with Crippen molar-refractivity contribution < 1.29 is 14.1 Å². The highest BCUT2D eigenvalue weighted by Gasteiger charge is 2.28. The number of nitro benzene ring substituents is 1. The van der Waals surface area contributed by atoms with Crippen molar-refractivity contribution >= 4 is 34.5 Å². The van der Waals surface area contributed by atoms with E-state index in [0.717, 1.165) is 18.7 Å². The van der Waals surface area contributed by atoms with Gasteiger partial charge in [-0.05, 0) is 42.7 Å². The Morgan fingerprint density at radius 3 is 2.88 bits per heavy atom. The summed E-state index contributed by atoms with van der Waals surface area (Å²) in [5.41, 5.74) is 2.59. The van der Waals surface area contributed by atoms with Crippen molar-refractivity contribution in [3.05, 3.63) is 70.1 Å². The van der Waals surface area contributed by atoms with Gasteiger partial charge in [-0.15, -0.1) is 0 Å². The van der Waals surface area contributed by atoms with Crippen molar-refractivity contribution in [2.24, 2.45) is 0 Å². The van der Waals surface area contributed by atoms with Crippen molar-refractivity contribution in [1.29, 1.82) is 0 Å². The maximum atomic E-state index is 12.1. The second-order valence-electron chi connectivity index (χ2n) is 6.18. The molecule has 0 saturated heterocycles. The Morgan fingerprint density at radius 1 is 1.27 bits per heavy atom. The van der Waals surface area contributed by atoms with Crippen molar-refractivity contribution in [3.63, 3.8) is 0 Å². The molecule has 0 atom stereocenters. The molecule has 1 aromatic heterocycles. The van der Waals surface area contributed by atoms with E-state index >= 15 is 0 Å². The molecule has 0 radical (unpaired) electrons. The van der Waals surface area contributed by atoms with E-state index in [1.54, 1.807) is 30.3 Å². The SMILES string of the molecule is O=C(/C=C/c1cccc([N+](=O)[O-])c1)Nc1ccc2oc(C3CC3)nc2c1. The summed E-state index contributed by atoms with van der Waals surface area (Å²) in [5, 5.41) is 13.5. The summed E-state index contributed by atoms with van der Waals surface area (Å²) in [6.07, 6.45) is 5.08. The fraction of sp³-hybridized carbons (Fsp3) is 0.158. The zero-order chi connectivity index (χ0) is 18.1. The lowest BCUT2D eigenvalue weighted by Crippen LogP contribution is -2.07. The van der Waals surface area contributed by atoms with Crippen LogP contribution >= 0.6 is 0 Å². The van der Waals surface area contributed by atoms with E-state index in [1.807, 2.05) is 0 Å². The number of nitro groups is 1. The number of carbonyl (C=O) groups excluding carboxylic acids is 1. The number of nitrogens with zero attached hydrogens (tertiary/aromatic N) is 2. The molecule has 1 fully saturated rings. The maximum Gasteiger partial charge on any atom is 0.270 e. The lowest BCUT2D eigenvalue weighted by Gasteiger charge is -2.01. The van der Waals surface area contributed by atoms with E-state index in [1.165, 1.54) is 24.3 Å². The van der Waals surface area contributed by atoms with E-state index in [2.05, 4.69) is 10.3 Å². The van der Waals surface area contributed by atoms with Crippen LogP contribution in [-0.4, -0.2) is 15.8 Å². The molecule has 0 unspecified atom stereocenters. The highest BCUT2D eigenvalue weighted by molar-refractivity contribution is 6.02. The fourth-order valence-corrected chi connectivity index (χ4v) is 2.63.